The van der Waals surface area contributed by atoms with Gasteiger partial charge in [0.2, 0.25) is 5.88 Å². The van der Waals surface area contributed by atoms with Crippen molar-refractivity contribution in [1.29, 1.82) is 5.26 Å². The molecule has 1 unspecified atom stereocenters. The van der Waals surface area contributed by atoms with Crippen LogP contribution in [0.5, 0.6) is 5.88 Å². The molecule has 0 spiro atoms. The minimum atomic E-state index is -0.195. The molecule has 2 aliphatic rings. The van der Waals surface area contributed by atoms with Crippen molar-refractivity contribution < 1.29 is 14.6 Å². The molecule has 8 nitrogen and oxygen atoms in total. The Morgan fingerprint density at radius 3 is 2.90 bits per heavy atom. The van der Waals surface area contributed by atoms with Crippen LogP contribution in [0, 0.1) is 17.2 Å². The summed E-state index contributed by atoms with van der Waals surface area (Å²) in [5.41, 5.74) is 1.72. The largest absolute Gasteiger partial charge is 0.493 e. The van der Waals surface area contributed by atoms with Crippen LogP contribution < -0.4 is 5.32 Å². The lowest BCUT2D eigenvalue weighted by Gasteiger charge is -2.13. The lowest BCUT2D eigenvalue weighted by Crippen LogP contribution is -2.25. The predicted molar refractivity (Wildman–Crippen MR) is 114 cm³/mol. The Balaban J connectivity index is 1.31. The van der Waals surface area contributed by atoms with E-state index in [1.54, 1.807) is 24.4 Å². The van der Waals surface area contributed by atoms with Gasteiger partial charge < -0.3 is 15.2 Å². The Kier molecular flexibility index (Phi) is 6.43. The molecule has 2 N–H and O–H groups in total. The van der Waals surface area contributed by atoms with E-state index in [0.717, 1.165) is 18.9 Å². The third-order valence-corrected chi connectivity index (χ3v) is 5.43. The first kappa shape index (κ1) is 20.8. The van der Waals surface area contributed by atoms with Gasteiger partial charge in [0.25, 0.3) is 5.91 Å². The number of allylic oxidation sites excluding steroid dienone is 4. The van der Waals surface area contributed by atoms with Gasteiger partial charge >= 0.3 is 0 Å². The van der Waals surface area contributed by atoms with E-state index in [-0.39, 0.29) is 17.7 Å². The van der Waals surface area contributed by atoms with Crippen LogP contribution in [0.25, 0.3) is 5.82 Å². The summed E-state index contributed by atoms with van der Waals surface area (Å²) in [7, 11) is 0. The molecule has 8 heteroatoms. The van der Waals surface area contributed by atoms with Crippen LogP contribution in [-0.2, 0) is 4.74 Å². The molecule has 4 rings (SSSR count). The van der Waals surface area contributed by atoms with Crippen LogP contribution in [0.2, 0.25) is 0 Å². The molecule has 2 heterocycles. The van der Waals surface area contributed by atoms with Gasteiger partial charge in [-0.25, -0.2) is 4.98 Å². The highest BCUT2D eigenvalue weighted by atomic mass is 16.5. The lowest BCUT2D eigenvalue weighted by molar-refractivity contribution is 0.0937. The molecular weight excluding hydrogens is 394 g/mol. The van der Waals surface area contributed by atoms with Crippen molar-refractivity contribution in [2.24, 2.45) is 5.92 Å². The van der Waals surface area contributed by atoms with E-state index in [9.17, 15) is 9.90 Å². The van der Waals surface area contributed by atoms with E-state index < -0.39 is 0 Å². The fraction of sp³-hybridized carbons (Fsp3) is 0.391. The number of hydrogen-bond acceptors (Lipinski definition) is 6. The molecule has 0 aromatic carbocycles. The Bertz CT molecular complexity index is 1030. The second-order valence-electron chi connectivity index (χ2n) is 7.84. The second kappa shape index (κ2) is 9.58. The first-order chi connectivity index (χ1) is 15.2. The number of nitrogens with zero attached hydrogens (tertiary/aromatic N) is 4. The highest BCUT2D eigenvalue weighted by Crippen LogP contribution is 2.33. The number of amides is 1. The van der Waals surface area contributed by atoms with E-state index in [0.29, 0.717) is 42.1 Å². The number of carbonyl (C=O) groups is 1. The van der Waals surface area contributed by atoms with Gasteiger partial charge in [0.15, 0.2) is 5.82 Å². The summed E-state index contributed by atoms with van der Waals surface area (Å²) in [4.78, 5) is 16.6. The molecule has 1 saturated carbocycles. The molecule has 0 bridgehead atoms. The zero-order chi connectivity index (χ0) is 21.6. The number of aromatic hydroxyl groups is 1. The van der Waals surface area contributed by atoms with Crippen LogP contribution in [-0.4, -0.2) is 45.5 Å². The Morgan fingerprint density at radius 2 is 2.23 bits per heavy atom. The Labute approximate surface area is 180 Å². The van der Waals surface area contributed by atoms with Crippen molar-refractivity contribution in [3.8, 4) is 17.8 Å². The summed E-state index contributed by atoms with van der Waals surface area (Å²) < 4.78 is 6.90. The SMILES string of the molecule is N#CC1=CCC(c2cnn(-c3ccc(C(=O)NCCCOCC4CC4)cn3)c2O)C=C1. The zero-order valence-electron chi connectivity index (χ0n) is 17.2. The quantitative estimate of drug-likeness (QED) is 0.604. The third kappa shape index (κ3) is 5.19. The van der Waals surface area contributed by atoms with E-state index in [1.165, 1.54) is 23.7 Å². The summed E-state index contributed by atoms with van der Waals surface area (Å²) in [5, 5.41) is 26.7. The summed E-state index contributed by atoms with van der Waals surface area (Å²) >= 11 is 0. The minimum Gasteiger partial charge on any atom is -0.493 e. The van der Waals surface area contributed by atoms with E-state index >= 15 is 0 Å². The van der Waals surface area contributed by atoms with Gasteiger partial charge in [-0.2, -0.15) is 15.0 Å². The maximum absolute atomic E-state index is 12.3. The second-order valence-corrected chi connectivity index (χ2v) is 7.84. The summed E-state index contributed by atoms with van der Waals surface area (Å²) in [6.07, 6.45) is 12.5. The van der Waals surface area contributed by atoms with Gasteiger partial charge in [0.1, 0.15) is 0 Å². The zero-order valence-corrected chi connectivity index (χ0v) is 17.2. The monoisotopic (exact) mass is 419 g/mol. The number of rotatable bonds is 9. The molecule has 2 aliphatic carbocycles. The number of carbonyl (C=O) groups excluding carboxylic acids is 1. The van der Waals surface area contributed by atoms with Crippen molar-refractivity contribution >= 4 is 5.91 Å². The van der Waals surface area contributed by atoms with Crippen molar-refractivity contribution in [2.45, 2.75) is 31.6 Å². The first-order valence-electron chi connectivity index (χ1n) is 10.5. The molecule has 2 aromatic heterocycles. The van der Waals surface area contributed by atoms with Crippen LogP contribution in [0.1, 0.15) is 47.5 Å². The standard InChI is InChI=1S/C23H25N5O3/c24-12-16-4-6-18(7-5-16)20-14-27-28(23(20)30)21-9-8-19(13-26-21)22(29)25-10-1-11-31-15-17-2-3-17/h4-6,8-9,13-14,17-18,30H,1-3,7,10-11,15H2,(H,25,29). The van der Waals surface area contributed by atoms with Crippen molar-refractivity contribution in [1.82, 2.24) is 20.1 Å². The molecule has 1 atom stereocenters. The molecule has 31 heavy (non-hydrogen) atoms. The average Bonchev–Trinajstić information content (AvgIpc) is 3.56. The summed E-state index contributed by atoms with van der Waals surface area (Å²) in [5.74, 6) is 0.918. The number of aromatic nitrogens is 3. The molecule has 1 amide bonds. The Morgan fingerprint density at radius 1 is 1.35 bits per heavy atom. The van der Waals surface area contributed by atoms with E-state index in [1.807, 2.05) is 12.2 Å². The van der Waals surface area contributed by atoms with Crippen LogP contribution in [0.4, 0.5) is 0 Å². The Hall–Kier alpha value is -3.44. The van der Waals surface area contributed by atoms with Gasteiger partial charge in [-0.1, -0.05) is 12.2 Å². The summed E-state index contributed by atoms with van der Waals surface area (Å²) in [6, 6.07) is 5.41. The molecule has 0 saturated heterocycles. The highest BCUT2D eigenvalue weighted by Gasteiger charge is 2.21. The fourth-order valence-electron chi connectivity index (χ4n) is 3.38. The van der Waals surface area contributed by atoms with E-state index in [2.05, 4.69) is 21.5 Å². The van der Waals surface area contributed by atoms with Crippen LogP contribution in [0.3, 0.4) is 0 Å². The maximum Gasteiger partial charge on any atom is 0.252 e. The predicted octanol–water partition coefficient (Wildman–Crippen LogP) is 3.01. The fourth-order valence-corrected chi connectivity index (χ4v) is 3.38. The normalized spacial score (nSPS) is 17.8. The van der Waals surface area contributed by atoms with Gasteiger partial charge in [-0.15, -0.1) is 0 Å². The van der Waals surface area contributed by atoms with Gasteiger partial charge in [-0.3, -0.25) is 4.79 Å². The van der Waals surface area contributed by atoms with Crippen molar-refractivity contribution in [3.05, 3.63) is 59.5 Å². The smallest absolute Gasteiger partial charge is 0.252 e. The van der Waals surface area contributed by atoms with Crippen molar-refractivity contribution in [3.63, 3.8) is 0 Å². The molecule has 0 aliphatic heterocycles. The van der Waals surface area contributed by atoms with Gasteiger partial charge in [0.05, 0.1) is 17.8 Å². The summed E-state index contributed by atoms with van der Waals surface area (Å²) in [6.45, 7) is 2.03. The van der Waals surface area contributed by atoms with E-state index in [4.69, 9.17) is 10.00 Å². The minimum absolute atomic E-state index is 0.000596. The number of hydrogen-bond donors (Lipinski definition) is 2. The number of nitrogens with one attached hydrogen (secondary N) is 1. The first-order valence-corrected chi connectivity index (χ1v) is 10.5. The molecule has 2 aromatic rings. The molecule has 0 radical (unpaired) electrons. The van der Waals surface area contributed by atoms with Crippen LogP contribution >= 0.6 is 0 Å². The van der Waals surface area contributed by atoms with Crippen molar-refractivity contribution in [2.75, 3.05) is 19.8 Å². The molecular formula is C23H25N5O3. The topological polar surface area (TPSA) is 113 Å². The highest BCUT2D eigenvalue weighted by molar-refractivity contribution is 5.93. The number of nitriles is 1. The van der Waals surface area contributed by atoms with Crippen LogP contribution in [0.15, 0.2) is 48.3 Å². The number of ether oxygens (including phenoxy) is 1. The number of pyridine rings is 1. The maximum atomic E-state index is 12.3. The molecule has 160 valence electrons. The van der Waals surface area contributed by atoms with Gasteiger partial charge in [-0.05, 0) is 49.8 Å². The molecule has 1 fully saturated rings. The lowest BCUT2D eigenvalue weighted by atomic mass is 9.92. The van der Waals surface area contributed by atoms with Gasteiger partial charge in [0, 0.05) is 43.0 Å². The third-order valence-electron chi connectivity index (χ3n) is 5.43. The average molecular weight is 419 g/mol.